The average molecular weight is 577 g/mol. The second-order valence-electron chi connectivity index (χ2n) is 9.57. The monoisotopic (exact) mass is 576 g/mol. The third-order valence-electron chi connectivity index (χ3n) is 6.58. The van der Waals surface area contributed by atoms with Crippen LogP contribution in [0.1, 0.15) is 36.8 Å². The predicted octanol–water partition coefficient (Wildman–Crippen LogP) is 6.57. The first kappa shape index (κ1) is 26.8. The lowest BCUT2D eigenvalue weighted by atomic mass is 10.1. The van der Waals surface area contributed by atoms with E-state index in [1.165, 1.54) is 52.6 Å². The van der Waals surface area contributed by atoms with Crippen molar-refractivity contribution in [3.63, 3.8) is 0 Å². The van der Waals surface area contributed by atoms with Crippen LogP contribution in [0.25, 0.3) is 17.1 Å². The molecule has 0 spiro atoms. The zero-order valence-corrected chi connectivity index (χ0v) is 22.5. The maximum Gasteiger partial charge on any atom is 0.573 e. The van der Waals surface area contributed by atoms with E-state index in [4.69, 9.17) is 0 Å². The van der Waals surface area contributed by atoms with Gasteiger partial charge in [0.15, 0.2) is 11.0 Å². The molecule has 1 aliphatic heterocycles. The molecular weight excluding hydrogens is 553 g/mol. The summed E-state index contributed by atoms with van der Waals surface area (Å²) in [5.41, 5.74) is 4.13. The molecule has 1 amide bonds. The molecule has 1 saturated heterocycles. The molecule has 2 fully saturated rings. The molecule has 1 aliphatic carbocycles. The number of hydrogen-bond donors (Lipinski definition) is 0. The van der Waals surface area contributed by atoms with Crippen LogP contribution in [0.3, 0.4) is 0 Å². The highest BCUT2D eigenvalue weighted by molar-refractivity contribution is 8.16. The van der Waals surface area contributed by atoms with Crippen LogP contribution >= 0.6 is 11.8 Å². The van der Waals surface area contributed by atoms with Crippen LogP contribution in [0.2, 0.25) is 0 Å². The van der Waals surface area contributed by atoms with Gasteiger partial charge in [-0.05, 0) is 67.1 Å². The van der Waals surface area contributed by atoms with Crippen LogP contribution in [-0.4, -0.2) is 43.7 Å². The van der Waals surface area contributed by atoms with Gasteiger partial charge in [0.05, 0.1) is 22.8 Å². The van der Waals surface area contributed by atoms with Gasteiger partial charge in [-0.1, -0.05) is 54.2 Å². The van der Waals surface area contributed by atoms with Crippen molar-refractivity contribution in [2.75, 3.05) is 4.90 Å². The fourth-order valence-electron chi connectivity index (χ4n) is 4.44. The van der Waals surface area contributed by atoms with Gasteiger partial charge < -0.3 is 4.74 Å². The summed E-state index contributed by atoms with van der Waals surface area (Å²) in [5, 5.41) is 13.4. The Bertz CT molecular complexity index is 1630. The molecule has 41 heavy (non-hydrogen) atoms. The largest absolute Gasteiger partial charge is 0.573 e. The van der Waals surface area contributed by atoms with E-state index in [9.17, 15) is 18.0 Å². The number of alkyl halides is 3. The lowest BCUT2D eigenvalue weighted by Crippen LogP contribution is -2.32. The lowest BCUT2D eigenvalue weighted by molar-refractivity contribution is -0.274. The van der Waals surface area contributed by atoms with Gasteiger partial charge in [-0.25, -0.2) is 9.67 Å². The normalized spacial score (nSPS) is 18.5. The van der Waals surface area contributed by atoms with Crippen molar-refractivity contribution in [2.24, 2.45) is 10.2 Å². The molecular formula is C29H23F3N6O2S. The highest BCUT2D eigenvalue weighted by Crippen LogP contribution is 2.46. The Labute approximate surface area is 237 Å². The molecule has 1 unspecified atom stereocenters. The number of benzene rings is 3. The fourth-order valence-corrected chi connectivity index (χ4v) is 5.35. The molecule has 3 aromatic carbocycles. The molecule has 12 heteroatoms. The summed E-state index contributed by atoms with van der Waals surface area (Å²) in [6.07, 6.45) is 0.612. The molecule has 4 aromatic rings. The van der Waals surface area contributed by atoms with E-state index in [2.05, 4.69) is 31.1 Å². The summed E-state index contributed by atoms with van der Waals surface area (Å²) >= 11 is 1.39. The number of ether oxygens (including phenoxy) is 1. The van der Waals surface area contributed by atoms with Gasteiger partial charge in [-0.15, -0.1) is 23.4 Å². The first-order valence-corrected chi connectivity index (χ1v) is 13.7. The van der Waals surface area contributed by atoms with Gasteiger partial charge >= 0.3 is 6.36 Å². The van der Waals surface area contributed by atoms with Crippen molar-refractivity contribution in [3.8, 4) is 22.8 Å². The fraction of sp³-hybridized carbons (Fsp3) is 0.207. The lowest BCUT2D eigenvalue weighted by Gasteiger charge is -2.19. The molecule has 1 saturated carbocycles. The van der Waals surface area contributed by atoms with Crippen LogP contribution in [0.15, 0.2) is 89.3 Å². The number of amides is 1. The number of para-hydroxylation sites is 1. The van der Waals surface area contributed by atoms with Crippen molar-refractivity contribution >= 4 is 34.7 Å². The molecule has 2 heterocycles. The predicted molar refractivity (Wildman–Crippen MR) is 151 cm³/mol. The SMILES string of the molecule is CC1S/C(=N/N=C/c2ccc(-c3ncn(-c4ccc(OC(F)(F)F)cc4)n3)cc2)N(c2ccccc2C2CC2)C1=O. The highest BCUT2D eigenvalue weighted by atomic mass is 32.2. The molecule has 0 N–H and O–H groups in total. The molecule has 1 aromatic heterocycles. The minimum absolute atomic E-state index is 0.000997. The minimum Gasteiger partial charge on any atom is -0.406 e. The summed E-state index contributed by atoms with van der Waals surface area (Å²) in [5.74, 6) is 0.623. The quantitative estimate of drug-likeness (QED) is 0.184. The maximum absolute atomic E-state index is 13.0. The van der Waals surface area contributed by atoms with E-state index < -0.39 is 6.36 Å². The zero-order chi connectivity index (χ0) is 28.6. The Morgan fingerprint density at radius 1 is 1.02 bits per heavy atom. The Morgan fingerprint density at radius 2 is 1.76 bits per heavy atom. The van der Waals surface area contributed by atoms with Crippen molar-refractivity contribution in [3.05, 3.63) is 90.3 Å². The second-order valence-corrected chi connectivity index (χ2v) is 10.9. The van der Waals surface area contributed by atoms with Crippen molar-refractivity contribution < 1.29 is 22.7 Å². The van der Waals surface area contributed by atoms with E-state index >= 15 is 0 Å². The third kappa shape index (κ3) is 6.02. The smallest absolute Gasteiger partial charge is 0.406 e. The number of halogens is 3. The van der Waals surface area contributed by atoms with Gasteiger partial charge in [0, 0.05) is 5.56 Å². The standard InChI is InChI=1S/C29H23F3N6O2S/c1-18-27(39)38(25-5-3-2-4-24(25)20-10-11-20)28(41-18)35-34-16-19-6-8-21(9-7-19)26-33-17-37(36-26)22-12-14-23(15-13-22)40-29(30,31)32/h2-9,12-18,20H,10-11H2,1H3/b34-16+,35-28+. The number of amidine groups is 1. The summed E-state index contributed by atoms with van der Waals surface area (Å²) in [7, 11) is 0. The van der Waals surface area contributed by atoms with Gasteiger partial charge in [0.1, 0.15) is 12.1 Å². The van der Waals surface area contributed by atoms with E-state index in [-0.39, 0.29) is 16.9 Å². The number of hydrogen-bond acceptors (Lipinski definition) is 7. The van der Waals surface area contributed by atoms with Gasteiger partial charge in [-0.3, -0.25) is 9.69 Å². The van der Waals surface area contributed by atoms with Crippen LogP contribution in [-0.2, 0) is 4.79 Å². The number of rotatable bonds is 7. The second kappa shape index (κ2) is 10.8. The zero-order valence-electron chi connectivity index (χ0n) is 21.7. The third-order valence-corrected chi connectivity index (χ3v) is 7.61. The Balaban J connectivity index is 1.15. The number of carbonyl (C=O) groups is 1. The van der Waals surface area contributed by atoms with Crippen molar-refractivity contribution in [2.45, 2.75) is 37.3 Å². The molecule has 8 nitrogen and oxygen atoms in total. The van der Waals surface area contributed by atoms with E-state index in [0.717, 1.165) is 29.7 Å². The maximum atomic E-state index is 13.0. The molecule has 0 bridgehead atoms. The number of anilines is 1. The number of thioether (sulfide) groups is 1. The van der Waals surface area contributed by atoms with Gasteiger partial charge in [-0.2, -0.15) is 5.10 Å². The van der Waals surface area contributed by atoms with Crippen LogP contribution < -0.4 is 9.64 Å². The topological polar surface area (TPSA) is 85.0 Å². The van der Waals surface area contributed by atoms with Crippen LogP contribution in [0.5, 0.6) is 5.75 Å². The van der Waals surface area contributed by atoms with Gasteiger partial charge in [0.25, 0.3) is 0 Å². The Kier molecular flexibility index (Phi) is 7.08. The van der Waals surface area contributed by atoms with E-state index in [0.29, 0.717) is 22.6 Å². The summed E-state index contributed by atoms with van der Waals surface area (Å²) in [6.45, 7) is 1.87. The molecule has 6 rings (SSSR count). The molecule has 0 radical (unpaired) electrons. The number of carbonyl (C=O) groups excluding carboxylic acids is 1. The first-order chi connectivity index (χ1) is 19.7. The number of aromatic nitrogens is 3. The average Bonchev–Trinajstić information content (AvgIpc) is 3.61. The molecule has 1 atom stereocenters. The van der Waals surface area contributed by atoms with Crippen molar-refractivity contribution in [1.82, 2.24) is 14.8 Å². The molecule has 2 aliphatic rings. The number of nitrogens with zero attached hydrogens (tertiary/aromatic N) is 6. The highest BCUT2D eigenvalue weighted by Gasteiger charge is 2.39. The van der Waals surface area contributed by atoms with E-state index in [1.54, 1.807) is 11.1 Å². The van der Waals surface area contributed by atoms with Crippen LogP contribution in [0, 0.1) is 0 Å². The Hall–Kier alpha value is -4.45. The summed E-state index contributed by atoms with van der Waals surface area (Å²) in [4.78, 5) is 19.0. The minimum atomic E-state index is -4.75. The van der Waals surface area contributed by atoms with Crippen molar-refractivity contribution in [1.29, 1.82) is 0 Å². The Morgan fingerprint density at radius 3 is 2.46 bits per heavy atom. The molecule has 208 valence electrons. The van der Waals surface area contributed by atoms with E-state index in [1.807, 2.05) is 49.4 Å². The van der Waals surface area contributed by atoms with Gasteiger partial charge in [0.2, 0.25) is 5.91 Å². The first-order valence-electron chi connectivity index (χ1n) is 12.8. The summed E-state index contributed by atoms with van der Waals surface area (Å²) < 4.78 is 42.5. The summed E-state index contributed by atoms with van der Waals surface area (Å²) in [6, 6.07) is 20.7. The van der Waals surface area contributed by atoms with Crippen LogP contribution in [0.4, 0.5) is 18.9 Å².